The molecule has 0 aliphatic carbocycles. The average molecular weight is 246 g/mol. The van der Waals surface area contributed by atoms with E-state index in [9.17, 15) is 0 Å². The van der Waals surface area contributed by atoms with E-state index in [-0.39, 0.29) is 0 Å². The molecule has 0 bridgehead atoms. The van der Waals surface area contributed by atoms with Gasteiger partial charge in [0.25, 0.3) is 0 Å². The molecule has 0 unspecified atom stereocenters. The highest BCUT2D eigenvalue weighted by Gasteiger charge is 2.14. The van der Waals surface area contributed by atoms with E-state index >= 15 is 0 Å². The third kappa shape index (κ3) is 2.13. The number of H-pyrrole nitrogens is 1. The molecule has 0 saturated carbocycles. The molecule has 1 aliphatic rings. The molecule has 96 valence electrons. The lowest BCUT2D eigenvalue weighted by Gasteiger charge is -2.26. The van der Waals surface area contributed by atoms with Crippen LogP contribution in [0.4, 0.5) is 5.95 Å². The number of anilines is 1. The van der Waals surface area contributed by atoms with Crippen LogP contribution >= 0.6 is 0 Å². The minimum absolute atomic E-state index is 0.685. The highest BCUT2D eigenvalue weighted by atomic mass is 16.5. The number of ether oxygens (including phenoxy) is 1. The normalized spacial score (nSPS) is 16.2. The second kappa shape index (κ2) is 4.86. The molecule has 1 fully saturated rings. The Hall–Kier alpha value is -1.75. The van der Waals surface area contributed by atoms with Gasteiger partial charge in [-0.25, -0.2) is 4.98 Å². The maximum absolute atomic E-state index is 5.50. The fourth-order valence-electron chi connectivity index (χ4n) is 2.26. The van der Waals surface area contributed by atoms with Gasteiger partial charge in [-0.15, -0.1) is 0 Å². The Balaban J connectivity index is 1.89. The van der Waals surface area contributed by atoms with E-state index in [1.807, 2.05) is 25.1 Å². The van der Waals surface area contributed by atoms with Crippen LogP contribution in [-0.4, -0.2) is 42.8 Å². The number of hydrogen-bond donors (Lipinski definition) is 2. The summed E-state index contributed by atoms with van der Waals surface area (Å²) in [5, 5.41) is 3.34. The van der Waals surface area contributed by atoms with Crippen molar-refractivity contribution in [2.24, 2.45) is 0 Å². The van der Waals surface area contributed by atoms with Crippen molar-refractivity contribution in [3.05, 3.63) is 18.2 Å². The number of fused-ring (bicyclic) bond motifs is 1. The lowest BCUT2D eigenvalue weighted by Crippen LogP contribution is -2.44. The van der Waals surface area contributed by atoms with Gasteiger partial charge in [0.05, 0.1) is 17.6 Å². The van der Waals surface area contributed by atoms with Gasteiger partial charge in [-0.2, -0.15) is 0 Å². The Morgan fingerprint density at radius 1 is 1.33 bits per heavy atom. The second-order valence-electron chi connectivity index (χ2n) is 4.41. The lowest BCUT2D eigenvalue weighted by molar-refractivity contribution is 0.340. The summed E-state index contributed by atoms with van der Waals surface area (Å²) >= 11 is 0. The van der Waals surface area contributed by atoms with Gasteiger partial charge in [-0.05, 0) is 19.1 Å². The van der Waals surface area contributed by atoms with Crippen molar-refractivity contribution in [3.8, 4) is 5.75 Å². The zero-order valence-electron chi connectivity index (χ0n) is 10.6. The summed E-state index contributed by atoms with van der Waals surface area (Å²) < 4.78 is 5.50. The van der Waals surface area contributed by atoms with E-state index in [1.165, 1.54) is 0 Å². The molecule has 2 aromatic rings. The van der Waals surface area contributed by atoms with Crippen molar-refractivity contribution in [2.45, 2.75) is 6.92 Å². The number of benzene rings is 1. The molecule has 5 heteroatoms. The van der Waals surface area contributed by atoms with E-state index in [2.05, 4.69) is 20.2 Å². The summed E-state index contributed by atoms with van der Waals surface area (Å²) in [6.45, 7) is 6.70. The fraction of sp³-hybridized carbons (Fsp3) is 0.462. The smallest absolute Gasteiger partial charge is 0.203 e. The Bertz CT molecular complexity index is 531. The van der Waals surface area contributed by atoms with Gasteiger partial charge in [0, 0.05) is 32.2 Å². The van der Waals surface area contributed by atoms with Crippen LogP contribution in [0.3, 0.4) is 0 Å². The van der Waals surface area contributed by atoms with E-state index in [0.717, 1.165) is 48.9 Å². The molecular weight excluding hydrogens is 228 g/mol. The van der Waals surface area contributed by atoms with Crippen molar-refractivity contribution in [2.75, 3.05) is 37.7 Å². The first kappa shape index (κ1) is 11.3. The SMILES string of the molecule is CCOc1ccc2nc(N3CCNCC3)[nH]c2c1. The van der Waals surface area contributed by atoms with Crippen molar-refractivity contribution in [1.29, 1.82) is 0 Å². The van der Waals surface area contributed by atoms with Gasteiger partial charge in [0.1, 0.15) is 5.75 Å². The monoisotopic (exact) mass is 246 g/mol. The molecule has 18 heavy (non-hydrogen) atoms. The van der Waals surface area contributed by atoms with E-state index in [4.69, 9.17) is 4.74 Å². The minimum atomic E-state index is 0.685. The Morgan fingerprint density at radius 3 is 2.94 bits per heavy atom. The van der Waals surface area contributed by atoms with E-state index < -0.39 is 0 Å². The second-order valence-corrected chi connectivity index (χ2v) is 4.41. The van der Waals surface area contributed by atoms with Crippen LogP contribution < -0.4 is 15.0 Å². The summed E-state index contributed by atoms with van der Waals surface area (Å²) in [4.78, 5) is 10.3. The Kier molecular flexibility index (Phi) is 3.06. The molecule has 2 heterocycles. The summed E-state index contributed by atoms with van der Waals surface area (Å²) in [6.07, 6.45) is 0. The topological polar surface area (TPSA) is 53.2 Å². The first-order valence-electron chi connectivity index (χ1n) is 6.45. The number of nitrogens with zero attached hydrogens (tertiary/aromatic N) is 2. The van der Waals surface area contributed by atoms with Crippen LogP contribution in [0.5, 0.6) is 5.75 Å². The van der Waals surface area contributed by atoms with Crippen LogP contribution in [0.15, 0.2) is 18.2 Å². The van der Waals surface area contributed by atoms with Crippen molar-refractivity contribution in [1.82, 2.24) is 15.3 Å². The number of aromatic nitrogens is 2. The zero-order valence-corrected chi connectivity index (χ0v) is 10.6. The largest absolute Gasteiger partial charge is 0.494 e. The number of nitrogens with one attached hydrogen (secondary N) is 2. The van der Waals surface area contributed by atoms with Crippen molar-refractivity contribution >= 4 is 17.0 Å². The molecule has 2 N–H and O–H groups in total. The molecule has 5 nitrogen and oxygen atoms in total. The van der Waals surface area contributed by atoms with Gasteiger partial charge in [0.15, 0.2) is 0 Å². The Labute approximate surface area is 106 Å². The summed E-state index contributed by atoms with van der Waals surface area (Å²) in [5.74, 6) is 1.85. The number of imidazole rings is 1. The maximum atomic E-state index is 5.50. The molecule has 0 radical (unpaired) electrons. The molecule has 0 amide bonds. The standard InChI is InChI=1S/C13H18N4O/c1-2-18-10-3-4-11-12(9-10)16-13(15-11)17-7-5-14-6-8-17/h3-4,9,14H,2,5-8H2,1H3,(H,15,16). The van der Waals surface area contributed by atoms with Crippen molar-refractivity contribution in [3.63, 3.8) is 0 Å². The zero-order chi connectivity index (χ0) is 12.4. The van der Waals surface area contributed by atoms with Gasteiger partial charge in [-0.3, -0.25) is 0 Å². The van der Waals surface area contributed by atoms with Crippen LogP contribution in [0, 0.1) is 0 Å². The molecule has 3 rings (SSSR count). The highest BCUT2D eigenvalue weighted by molar-refractivity contribution is 5.79. The molecule has 1 saturated heterocycles. The van der Waals surface area contributed by atoms with E-state index in [0.29, 0.717) is 6.61 Å². The van der Waals surface area contributed by atoms with Crippen LogP contribution in [-0.2, 0) is 0 Å². The molecule has 1 aromatic heterocycles. The maximum Gasteiger partial charge on any atom is 0.203 e. The minimum Gasteiger partial charge on any atom is -0.494 e. The van der Waals surface area contributed by atoms with Gasteiger partial charge in [-0.1, -0.05) is 0 Å². The number of hydrogen-bond acceptors (Lipinski definition) is 4. The molecule has 0 spiro atoms. The van der Waals surface area contributed by atoms with Crippen LogP contribution in [0.25, 0.3) is 11.0 Å². The quantitative estimate of drug-likeness (QED) is 0.859. The predicted octanol–water partition coefficient (Wildman–Crippen LogP) is 1.37. The number of rotatable bonds is 3. The summed E-state index contributed by atoms with van der Waals surface area (Å²) in [6, 6.07) is 5.98. The van der Waals surface area contributed by atoms with Gasteiger partial charge in [0.2, 0.25) is 5.95 Å². The number of aromatic amines is 1. The van der Waals surface area contributed by atoms with Gasteiger partial charge >= 0.3 is 0 Å². The summed E-state index contributed by atoms with van der Waals surface area (Å²) in [5.41, 5.74) is 2.03. The third-order valence-corrected chi connectivity index (χ3v) is 3.17. The fourth-order valence-corrected chi connectivity index (χ4v) is 2.26. The molecule has 1 aromatic carbocycles. The third-order valence-electron chi connectivity index (χ3n) is 3.17. The first-order chi connectivity index (χ1) is 8.86. The predicted molar refractivity (Wildman–Crippen MR) is 72.3 cm³/mol. The van der Waals surface area contributed by atoms with Crippen molar-refractivity contribution < 1.29 is 4.74 Å². The molecule has 1 aliphatic heterocycles. The van der Waals surface area contributed by atoms with Crippen LogP contribution in [0.2, 0.25) is 0 Å². The summed E-state index contributed by atoms with van der Waals surface area (Å²) in [7, 11) is 0. The van der Waals surface area contributed by atoms with E-state index in [1.54, 1.807) is 0 Å². The average Bonchev–Trinajstić information content (AvgIpc) is 2.83. The van der Waals surface area contributed by atoms with Crippen LogP contribution in [0.1, 0.15) is 6.92 Å². The Morgan fingerprint density at radius 2 is 2.17 bits per heavy atom. The molecular formula is C13H18N4O. The lowest BCUT2D eigenvalue weighted by atomic mass is 10.3. The first-order valence-corrected chi connectivity index (χ1v) is 6.45. The molecule has 0 atom stereocenters. The highest BCUT2D eigenvalue weighted by Crippen LogP contribution is 2.22. The van der Waals surface area contributed by atoms with Gasteiger partial charge < -0.3 is 19.9 Å². The number of piperazine rings is 1.